The molecule has 37 heavy (non-hydrogen) atoms. The molecule has 3 heterocycles. The van der Waals surface area contributed by atoms with E-state index in [0.717, 1.165) is 56.5 Å². The number of aromatic nitrogens is 2. The van der Waals surface area contributed by atoms with Crippen LogP contribution in [0.25, 0.3) is 39.6 Å². The Morgan fingerprint density at radius 2 is 1.22 bits per heavy atom. The number of hydrogen-bond acceptors (Lipinski definition) is 3. The van der Waals surface area contributed by atoms with Crippen molar-refractivity contribution in [1.29, 1.82) is 0 Å². The molecule has 0 bridgehead atoms. The van der Waals surface area contributed by atoms with Gasteiger partial charge in [-0.05, 0) is 65.7 Å². The maximum absolute atomic E-state index is 6.20. The molecule has 1 aliphatic heterocycles. The third-order valence-electron chi connectivity index (χ3n) is 6.93. The topological polar surface area (TPSA) is 30.3 Å². The molecule has 0 fully saturated rings. The van der Waals surface area contributed by atoms with Gasteiger partial charge in [0.15, 0.2) is 11.5 Å². The van der Waals surface area contributed by atoms with E-state index in [0.29, 0.717) is 0 Å². The van der Waals surface area contributed by atoms with Gasteiger partial charge in [0.25, 0.3) is 0 Å². The molecule has 0 saturated heterocycles. The quantitative estimate of drug-likeness (QED) is 0.253. The second kappa shape index (κ2) is 8.25. The Bertz CT molecular complexity index is 1750. The summed E-state index contributed by atoms with van der Waals surface area (Å²) in [6.45, 7) is 7.94. The molecule has 4 heteroatoms. The molecule has 0 atom stereocenters. The van der Waals surface area contributed by atoms with Gasteiger partial charge in [0.2, 0.25) is 0 Å². The normalized spacial score (nSPS) is 12.2. The van der Waals surface area contributed by atoms with Crippen LogP contribution in [0.15, 0.2) is 116 Å². The molecule has 7 rings (SSSR count). The van der Waals surface area contributed by atoms with Crippen LogP contribution in [0.5, 0.6) is 11.5 Å². The Morgan fingerprint density at radius 1 is 0.649 bits per heavy atom. The molecular weight excluding hydrogens is 454 g/mol. The predicted molar refractivity (Wildman–Crippen MR) is 154 cm³/mol. The lowest BCUT2D eigenvalue weighted by Gasteiger charge is -2.32. The third-order valence-corrected chi connectivity index (χ3v) is 6.93. The van der Waals surface area contributed by atoms with Crippen LogP contribution >= 0.6 is 0 Å². The summed E-state index contributed by atoms with van der Waals surface area (Å²) in [6.07, 6.45) is 5.65. The monoisotopic (exact) mass is 477 g/mol. The van der Waals surface area contributed by atoms with Crippen LogP contribution in [0.1, 0.15) is 11.1 Å². The highest BCUT2D eigenvalue weighted by Crippen LogP contribution is 2.49. The van der Waals surface area contributed by atoms with Crippen molar-refractivity contribution in [2.24, 2.45) is 0 Å². The highest BCUT2D eigenvalue weighted by atomic mass is 16.5. The summed E-state index contributed by atoms with van der Waals surface area (Å²) in [6, 6.07) is 33.3. The van der Waals surface area contributed by atoms with Crippen LogP contribution in [-0.4, -0.2) is 9.55 Å². The summed E-state index contributed by atoms with van der Waals surface area (Å²) in [7, 11) is 0. The van der Waals surface area contributed by atoms with Gasteiger partial charge >= 0.3 is 0 Å². The average molecular weight is 478 g/mol. The van der Waals surface area contributed by atoms with E-state index in [9.17, 15) is 0 Å². The van der Waals surface area contributed by atoms with E-state index in [1.807, 2.05) is 54.7 Å². The fraction of sp³-hybridized carbons (Fsp3) is 0. The molecule has 1 aliphatic rings. The van der Waals surface area contributed by atoms with Crippen molar-refractivity contribution < 1.29 is 4.74 Å². The SMILES string of the molecule is C=Cc1ccc2c(c1)c1cc(C=C)ccc1n2-c1ccnc(N2c3ccccc3Oc3ccccc32)c1. The van der Waals surface area contributed by atoms with Gasteiger partial charge < -0.3 is 9.30 Å². The van der Waals surface area contributed by atoms with Crippen LogP contribution in [0, 0.1) is 0 Å². The summed E-state index contributed by atoms with van der Waals surface area (Å²) < 4.78 is 8.50. The minimum atomic E-state index is 0.805. The van der Waals surface area contributed by atoms with Crippen molar-refractivity contribution in [3.05, 3.63) is 128 Å². The van der Waals surface area contributed by atoms with Crippen LogP contribution in [0.3, 0.4) is 0 Å². The summed E-state index contributed by atoms with van der Waals surface area (Å²) >= 11 is 0. The van der Waals surface area contributed by atoms with Gasteiger partial charge in [-0.25, -0.2) is 4.98 Å². The predicted octanol–water partition coefficient (Wildman–Crippen LogP) is 9.04. The fourth-order valence-corrected chi connectivity index (χ4v) is 5.21. The minimum absolute atomic E-state index is 0.805. The number of hydrogen-bond donors (Lipinski definition) is 0. The Morgan fingerprint density at radius 3 is 1.78 bits per heavy atom. The number of ether oxygens (including phenoxy) is 1. The van der Waals surface area contributed by atoms with E-state index in [-0.39, 0.29) is 0 Å². The number of pyridine rings is 1. The van der Waals surface area contributed by atoms with Crippen molar-refractivity contribution in [2.75, 3.05) is 4.90 Å². The Balaban J connectivity index is 1.48. The highest BCUT2D eigenvalue weighted by molar-refractivity contribution is 6.10. The molecule has 2 aromatic heterocycles. The molecule has 4 nitrogen and oxygen atoms in total. The summed E-state index contributed by atoms with van der Waals surface area (Å²) in [5.74, 6) is 2.43. The summed E-state index contributed by atoms with van der Waals surface area (Å²) in [5.41, 5.74) is 7.38. The zero-order valence-electron chi connectivity index (χ0n) is 20.1. The van der Waals surface area contributed by atoms with Crippen molar-refractivity contribution in [1.82, 2.24) is 9.55 Å². The average Bonchev–Trinajstić information content (AvgIpc) is 3.28. The largest absolute Gasteiger partial charge is 0.453 e. The van der Waals surface area contributed by atoms with Crippen LogP contribution in [-0.2, 0) is 0 Å². The van der Waals surface area contributed by atoms with Crippen molar-refractivity contribution in [3.63, 3.8) is 0 Å². The molecule has 4 aromatic carbocycles. The molecule has 0 N–H and O–H groups in total. The van der Waals surface area contributed by atoms with E-state index < -0.39 is 0 Å². The minimum Gasteiger partial charge on any atom is -0.453 e. The lowest BCUT2D eigenvalue weighted by molar-refractivity contribution is 0.476. The lowest BCUT2D eigenvalue weighted by atomic mass is 10.1. The molecule has 0 unspecified atom stereocenters. The van der Waals surface area contributed by atoms with Gasteiger partial charge in [-0.2, -0.15) is 0 Å². The van der Waals surface area contributed by atoms with Gasteiger partial charge in [-0.1, -0.05) is 61.7 Å². The standard InChI is InChI=1S/C33H23N3O/c1-3-22-13-15-27-25(19-22)26-20-23(4-2)14-16-28(26)35(27)24-17-18-34-33(21-24)36-29-9-5-7-11-31(29)37-32-12-8-6-10-30(32)36/h3-21H,1-2H2. The van der Waals surface area contributed by atoms with Crippen LogP contribution in [0.4, 0.5) is 17.2 Å². The summed E-state index contributed by atoms with van der Waals surface area (Å²) in [5, 5.41) is 2.35. The zero-order chi connectivity index (χ0) is 24.9. The number of rotatable bonds is 4. The first-order chi connectivity index (χ1) is 18.2. The van der Waals surface area contributed by atoms with Gasteiger partial charge in [0, 0.05) is 23.0 Å². The molecule has 0 spiro atoms. The molecule has 176 valence electrons. The van der Waals surface area contributed by atoms with Gasteiger partial charge in [-0.3, -0.25) is 4.90 Å². The number of benzene rings is 4. The van der Waals surface area contributed by atoms with Gasteiger partial charge in [0.05, 0.1) is 28.1 Å². The number of para-hydroxylation sites is 4. The van der Waals surface area contributed by atoms with Crippen molar-refractivity contribution in [2.45, 2.75) is 0 Å². The number of fused-ring (bicyclic) bond motifs is 5. The first-order valence-electron chi connectivity index (χ1n) is 12.2. The van der Waals surface area contributed by atoms with E-state index >= 15 is 0 Å². The summed E-state index contributed by atoms with van der Waals surface area (Å²) in [4.78, 5) is 6.98. The van der Waals surface area contributed by atoms with E-state index in [1.54, 1.807) is 0 Å². The van der Waals surface area contributed by atoms with E-state index in [4.69, 9.17) is 9.72 Å². The Labute approximate surface area is 215 Å². The van der Waals surface area contributed by atoms with E-state index in [2.05, 4.69) is 83.3 Å². The lowest BCUT2D eigenvalue weighted by Crippen LogP contribution is -2.17. The second-order valence-corrected chi connectivity index (χ2v) is 9.04. The zero-order valence-corrected chi connectivity index (χ0v) is 20.1. The Kier molecular flexibility index (Phi) is 4.73. The first-order valence-corrected chi connectivity index (χ1v) is 12.2. The van der Waals surface area contributed by atoms with Crippen molar-refractivity contribution in [3.8, 4) is 17.2 Å². The molecule has 0 amide bonds. The molecule has 0 aliphatic carbocycles. The number of anilines is 3. The van der Waals surface area contributed by atoms with Gasteiger partial charge in [0.1, 0.15) is 5.82 Å². The molecule has 6 aromatic rings. The number of nitrogens with zero attached hydrogens (tertiary/aromatic N) is 3. The maximum atomic E-state index is 6.20. The van der Waals surface area contributed by atoms with Crippen LogP contribution < -0.4 is 9.64 Å². The van der Waals surface area contributed by atoms with Crippen molar-refractivity contribution >= 4 is 51.2 Å². The molecule has 0 radical (unpaired) electrons. The second-order valence-electron chi connectivity index (χ2n) is 9.04. The fourth-order valence-electron chi connectivity index (χ4n) is 5.21. The molecule has 0 saturated carbocycles. The van der Waals surface area contributed by atoms with E-state index in [1.165, 1.54) is 10.8 Å². The molecular formula is C33H23N3O. The third kappa shape index (κ3) is 3.27. The first kappa shape index (κ1) is 21.2. The smallest absolute Gasteiger partial charge is 0.151 e. The Hall–Kier alpha value is -5.09. The maximum Gasteiger partial charge on any atom is 0.151 e. The van der Waals surface area contributed by atoms with Crippen LogP contribution in [0.2, 0.25) is 0 Å². The van der Waals surface area contributed by atoms with Gasteiger partial charge in [-0.15, -0.1) is 0 Å². The highest BCUT2D eigenvalue weighted by Gasteiger charge is 2.26.